The molecular formula is C29H29NO7. The van der Waals surface area contributed by atoms with E-state index >= 15 is 0 Å². The van der Waals surface area contributed by atoms with Gasteiger partial charge in [0, 0.05) is 12.3 Å². The number of benzene rings is 3. The van der Waals surface area contributed by atoms with Crippen molar-refractivity contribution in [3.63, 3.8) is 0 Å². The number of aliphatic carboxylic acids is 1. The van der Waals surface area contributed by atoms with Gasteiger partial charge in [-0.1, -0.05) is 54.6 Å². The minimum Gasteiger partial charge on any atom is -0.507 e. The van der Waals surface area contributed by atoms with Crippen molar-refractivity contribution < 1.29 is 34.1 Å². The number of aromatic hydroxyl groups is 1. The normalized spacial score (nSPS) is 13.3. The van der Waals surface area contributed by atoms with Crippen LogP contribution >= 0.6 is 0 Å². The summed E-state index contributed by atoms with van der Waals surface area (Å²) >= 11 is 0. The molecule has 3 aromatic carbocycles. The molecule has 8 heteroatoms. The fourth-order valence-corrected chi connectivity index (χ4v) is 4.42. The molecule has 1 amide bonds. The molecule has 3 aromatic rings. The van der Waals surface area contributed by atoms with E-state index in [1.165, 1.54) is 18.2 Å². The van der Waals surface area contributed by atoms with Gasteiger partial charge in [-0.3, -0.25) is 0 Å². The predicted molar refractivity (Wildman–Crippen MR) is 137 cm³/mol. The summed E-state index contributed by atoms with van der Waals surface area (Å²) in [5, 5.41) is 22.2. The smallest absolute Gasteiger partial charge is 0.407 e. The molecule has 0 aromatic heterocycles. The molecule has 3 N–H and O–H groups in total. The highest BCUT2D eigenvalue weighted by atomic mass is 16.6. The molecule has 1 aliphatic rings. The maximum Gasteiger partial charge on any atom is 0.407 e. The molecule has 0 fully saturated rings. The second-order valence-electron chi connectivity index (χ2n) is 9.92. The van der Waals surface area contributed by atoms with Crippen molar-refractivity contribution in [1.29, 1.82) is 0 Å². The van der Waals surface area contributed by atoms with Gasteiger partial charge in [0.1, 0.15) is 29.6 Å². The average Bonchev–Trinajstić information content (AvgIpc) is 3.16. The summed E-state index contributed by atoms with van der Waals surface area (Å²) in [6.07, 6.45) is -0.990. The van der Waals surface area contributed by atoms with E-state index in [0.29, 0.717) is 5.56 Å². The molecule has 0 heterocycles. The van der Waals surface area contributed by atoms with E-state index in [4.69, 9.17) is 9.47 Å². The number of alkyl carbamates (subject to hydrolysis) is 1. The van der Waals surface area contributed by atoms with Crippen molar-refractivity contribution in [2.75, 3.05) is 6.61 Å². The van der Waals surface area contributed by atoms with Crippen molar-refractivity contribution in [1.82, 2.24) is 5.32 Å². The van der Waals surface area contributed by atoms with Crippen molar-refractivity contribution >= 4 is 18.0 Å². The maximum absolute atomic E-state index is 12.6. The van der Waals surface area contributed by atoms with Crippen LogP contribution in [0.15, 0.2) is 66.7 Å². The number of carbonyl (C=O) groups is 3. The molecule has 1 aliphatic carbocycles. The van der Waals surface area contributed by atoms with E-state index in [0.717, 1.165) is 22.3 Å². The minimum atomic E-state index is -1.31. The lowest BCUT2D eigenvalue weighted by atomic mass is 9.98. The molecule has 0 unspecified atom stereocenters. The highest BCUT2D eigenvalue weighted by molar-refractivity contribution is 5.93. The van der Waals surface area contributed by atoms with Crippen LogP contribution in [0.1, 0.15) is 53.7 Å². The predicted octanol–water partition coefficient (Wildman–Crippen LogP) is 4.88. The maximum atomic E-state index is 12.6. The number of carbonyl (C=O) groups excluding carboxylic acids is 2. The Bertz CT molecular complexity index is 1300. The zero-order valence-electron chi connectivity index (χ0n) is 20.9. The van der Waals surface area contributed by atoms with Crippen molar-refractivity contribution in [2.45, 2.75) is 44.8 Å². The molecule has 8 nitrogen and oxygen atoms in total. The Hall–Kier alpha value is -4.33. The third-order valence-electron chi connectivity index (χ3n) is 6.05. The third kappa shape index (κ3) is 5.91. The van der Waals surface area contributed by atoms with Crippen molar-refractivity contribution in [3.8, 4) is 16.9 Å². The zero-order valence-corrected chi connectivity index (χ0v) is 20.9. The van der Waals surface area contributed by atoms with Crippen LogP contribution in [0.4, 0.5) is 4.79 Å². The molecule has 0 saturated heterocycles. The number of hydrogen-bond acceptors (Lipinski definition) is 6. The number of rotatable bonds is 7. The lowest BCUT2D eigenvalue weighted by Crippen LogP contribution is -2.43. The second kappa shape index (κ2) is 10.3. The molecule has 0 spiro atoms. The fourth-order valence-electron chi connectivity index (χ4n) is 4.42. The standard InChI is InChI=1S/C29H29NO7/c1-29(2,3)37-27(34)22-14-17(12-13-25(22)31)15-24(26(32)33)30-28(35)36-16-23-20-10-6-4-8-18(20)19-9-5-7-11-21(19)23/h4-14,23-24,31H,15-16H2,1-3H3,(H,30,35)(H,32,33)/t24-/m0/s1. The minimum absolute atomic E-state index is 0.0498. The molecule has 0 aliphatic heterocycles. The van der Waals surface area contributed by atoms with Gasteiger partial charge < -0.3 is 25.0 Å². The Labute approximate surface area is 214 Å². The van der Waals surface area contributed by atoms with Gasteiger partial charge in [0.05, 0.1) is 0 Å². The van der Waals surface area contributed by atoms with E-state index in [9.17, 15) is 24.6 Å². The lowest BCUT2D eigenvalue weighted by Gasteiger charge is -2.20. The number of carboxylic acid groups (broad SMARTS) is 1. The zero-order chi connectivity index (χ0) is 26.7. The first kappa shape index (κ1) is 25.8. The molecule has 192 valence electrons. The number of phenols is 1. The summed E-state index contributed by atoms with van der Waals surface area (Å²) in [7, 11) is 0. The van der Waals surface area contributed by atoms with E-state index in [2.05, 4.69) is 5.32 Å². The summed E-state index contributed by atoms with van der Waals surface area (Å²) in [6, 6.07) is 18.6. The van der Waals surface area contributed by atoms with Gasteiger partial charge >= 0.3 is 18.0 Å². The third-order valence-corrected chi connectivity index (χ3v) is 6.05. The Morgan fingerprint density at radius 1 is 0.946 bits per heavy atom. The van der Waals surface area contributed by atoms with Crippen LogP contribution in [-0.4, -0.2) is 46.5 Å². The summed E-state index contributed by atoms with van der Waals surface area (Å²) in [6.45, 7) is 5.15. The Kier molecular flexibility index (Phi) is 7.20. The topological polar surface area (TPSA) is 122 Å². The van der Waals surface area contributed by atoms with Crippen LogP contribution < -0.4 is 5.32 Å². The van der Waals surface area contributed by atoms with Gasteiger partial charge in [0.15, 0.2) is 0 Å². The number of carboxylic acids is 1. The largest absolute Gasteiger partial charge is 0.507 e. The molecule has 4 rings (SSSR count). The first-order chi connectivity index (χ1) is 17.5. The lowest BCUT2D eigenvalue weighted by molar-refractivity contribution is -0.139. The van der Waals surface area contributed by atoms with Gasteiger partial charge in [-0.2, -0.15) is 0 Å². The molecule has 37 heavy (non-hydrogen) atoms. The molecule has 1 atom stereocenters. The Morgan fingerprint density at radius 2 is 1.54 bits per heavy atom. The highest BCUT2D eigenvalue weighted by Crippen LogP contribution is 2.44. The van der Waals surface area contributed by atoms with Crippen molar-refractivity contribution in [3.05, 3.63) is 89.0 Å². The highest BCUT2D eigenvalue weighted by Gasteiger charge is 2.30. The quantitative estimate of drug-likeness (QED) is 0.393. The average molecular weight is 504 g/mol. The van der Waals surface area contributed by atoms with Gasteiger partial charge in [0.25, 0.3) is 0 Å². The van der Waals surface area contributed by atoms with Gasteiger partial charge in [0.2, 0.25) is 0 Å². The van der Waals surface area contributed by atoms with E-state index in [1.807, 2.05) is 48.5 Å². The van der Waals surface area contributed by atoms with Crippen LogP contribution in [0.25, 0.3) is 11.1 Å². The van der Waals surface area contributed by atoms with Crippen LogP contribution in [0.5, 0.6) is 5.75 Å². The number of fused-ring (bicyclic) bond motifs is 3. The van der Waals surface area contributed by atoms with Crippen LogP contribution in [-0.2, 0) is 20.7 Å². The number of amides is 1. The molecular weight excluding hydrogens is 474 g/mol. The fraction of sp³-hybridized carbons (Fsp3) is 0.276. The number of hydrogen-bond donors (Lipinski definition) is 3. The molecule has 0 bridgehead atoms. The van der Waals surface area contributed by atoms with Gasteiger partial charge in [-0.05, 0) is 60.7 Å². The number of phenolic OH excluding ortho intramolecular Hbond substituents is 1. The number of esters is 1. The van der Waals surface area contributed by atoms with Crippen LogP contribution in [0.3, 0.4) is 0 Å². The van der Waals surface area contributed by atoms with Gasteiger partial charge in [-0.25, -0.2) is 14.4 Å². The van der Waals surface area contributed by atoms with E-state index in [-0.39, 0.29) is 30.3 Å². The number of ether oxygens (including phenoxy) is 2. The Morgan fingerprint density at radius 3 is 2.11 bits per heavy atom. The summed E-state index contributed by atoms with van der Waals surface area (Å²) in [4.78, 5) is 36.9. The van der Waals surface area contributed by atoms with Crippen LogP contribution in [0, 0.1) is 0 Å². The summed E-state index contributed by atoms with van der Waals surface area (Å²) < 4.78 is 10.8. The summed E-state index contributed by atoms with van der Waals surface area (Å²) in [5.41, 5.74) is 3.83. The van der Waals surface area contributed by atoms with Gasteiger partial charge in [-0.15, -0.1) is 0 Å². The molecule has 0 radical (unpaired) electrons. The monoisotopic (exact) mass is 503 g/mol. The second-order valence-corrected chi connectivity index (χ2v) is 9.92. The van der Waals surface area contributed by atoms with Crippen LogP contribution in [0.2, 0.25) is 0 Å². The molecule has 0 saturated carbocycles. The SMILES string of the molecule is CC(C)(C)OC(=O)c1cc(C[C@H](NC(=O)OCC2c3ccccc3-c3ccccc32)C(=O)O)ccc1O. The van der Waals surface area contributed by atoms with E-state index in [1.54, 1.807) is 20.8 Å². The Balaban J connectivity index is 1.43. The first-order valence-corrected chi connectivity index (χ1v) is 11.9. The van der Waals surface area contributed by atoms with E-state index < -0.39 is 29.7 Å². The van der Waals surface area contributed by atoms with Crippen molar-refractivity contribution in [2.24, 2.45) is 0 Å². The summed E-state index contributed by atoms with van der Waals surface area (Å²) in [5.74, 6) is -2.44. The first-order valence-electron chi connectivity index (χ1n) is 11.9. The number of nitrogens with one attached hydrogen (secondary N) is 1.